The van der Waals surface area contributed by atoms with Crippen molar-refractivity contribution < 1.29 is 22.7 Å². The number of halogens is 3. The lowest BCUT2D eigenvalue weighted by molar-refractivity contribution is -0.137. The highest BCUT2D eigenvalue weighted by atomic mass is 19.4. The molecule has 0 radical (unpaired) electrons. The second-order valence-corrected chi connectivity index (χ2v) is 5.28. The van der Waals surface area contributed by atoms with E-state index < -0.39 is 17.6 Å². The van der Waals surface area contributed by atoms with Crippen LogP contribution in [0.15, 0.2) is 48.5 Å². The van der Waals surface area contributed by atoms with Crippen LogP contribution >= 0.6 is 0 Å². The van der Waals surface area contributed by atoms with Gasteiger partial charge in [0.15, 0.2) is 0 Å². The highest BCUT2D eigenvalue weighted by Gasteiger charge is 2.31. The molecule has 0 aromatic heterocycles. The van der Waals surface area contributed by atoms with E-state index >= 15 is 0 Å². The summed E-state index contributed by atoms with van der Waals surface area (Å²) in [5, 5.41) is 2.78. The quantitative estimate of drug-likeness (QED) is 0.909. The first-order chi connectivity index (χ1) is 10.9. The Hall–Kier alpha value is -2.50. The number of alkyl halides is 3. The van der Waals surface area contributed by atoms with E-state index in [9.17, 15) is 18.0 Å². The van der Waals surface area contributed by atoms with Gasteiger partial charge in [0.05, 0.1) is 18.2 Å². The predicted octanol–water partition coefficient (Wildman–Crippen LogP) is 3.96. The molecular weight excluding hydrogens is 307 g/mol. The van der Waals surface area contributed by atoms with Crippen LogP contribution in [0, 0.1) is 0 Å². The standard InChI is InChI=1S/C17H14F3NO2/c18-17(19,20)12-5-3-4-11(10-12)16(22)21-14-8-9-23-15-7-2-1-6-13(14)15/h1-7,10,14H,8-9H2,(H,21,22)/t14-/m0/s1. The molecule has 2 aromatic rings. The molecular formula is C17H14F3NO2. The van der Waals surface area contributed by atoms with Gasteiger partial charge in [-0.2, -0.15) is 13.2 Å². The van der Waals surface area contributed by atoms with E-state index in [0.717, 1.165) is 17.7 Å². The Morgan fingerprint density at radius 2 is 1.91 bits per heavy atom. The summed E-state index contributed by atoms with van der Waals surface area (Å²) in [6, 6.07) is 11.4. The minimum absolute atomic E-state index is 0.0104. The number of hydrogen-bond acceptors (Lipinski definition) is 2. The Morgan fingerprint density at radius 1 is 1.13 bits per heavy atom. The molecule has 0 aliphatic carbocycles. The van der Waals surface area contributed by atoms with Crippen LogP contribution < -0.4 is 10.1 Å². The summed E-state index contributed by atoms with van der Waals surface area (Å²) in [5.41, 5.74) is -0.0135. The first-order valence-corrected chi connectivity index (χ1v) is 7.15. The number of para-hydroxylation sites is 1. The molecule has 0 saturated heterocycles. The van der Waals surface area contributed by atoms with E-state index in [-0.39, 0.29) is 11.6 Å². The molecule has 6 heteroatoms. The Morgan fingerprint density at radius 3 is 2.70 bits per heavy atom. The second-order valence-electron chi connectivity index (χ2n) is 5.28. The molecule has 3 rings (SSSR count). The predicted molar refractivity (Wildman–Crippen MR) is 78.2 cm³/mol. The Balaban J connectivity index is 1.81. The summed E-state index contributed by atoms with van der Waals surface area (Å²) in [4.78, 5) is 12.3. The van der Waals surface area contributed by atoms with Gasteiger partial charge in [-0.3, -0.25) is 4.79 Å². The fraction of sp³-hybridized carbons (Fsp3) is 0.235. The van der Waals surface area contributed by atoms with Crippen molar-refractivity contribution in [1.82, 2.24) is 5.32 Å². The van der Waals surface area contributed by atoms with Crippen molar-refractivity contribution in [2.75, 3.05) is 6.61 Å². The third-order valence-corrected chi connectivity index (χ3v) is 3.72. The highest BCUT2D eigenvalue weighted by Crippen LogP contribution is 2.32. The van der Waals surface area contributed by atoms with Crippen LogP contribution in [0.4, 0.5) is 13.2 Å². The lowest BCUT2D eigenvalue weighted by atomic mass is 10.00. The Labute approximate surface area is 131 Å². The summed E-state index contributed by atoms with van der Waals surface area (Å²) < 4.78 is 43.7. The topological polar surface area (TPSA) is 38.3 Å². The summed E-state index contributed by atoms with van der Waals surface area (Å²) >= 11 is 0. The third kappa shape index (κ3) is 3.31. The maximum absolute atomic E-state index is 12.7. The molecule has 0 spiro atoms. The van der Waals surface area contributed by atoms with Gasteiger partial charge in [0.1, 0.15) is 5.75 Å². The number of carbonyl (C=O) groups excluding carboxylic acids is 1. The normalized spacial score (nSPS) is 17.1. The largest absolute Gasteiger partial charge is 0.493 e. The molecule has 0 unspecified atom stereocenters. The second kappa shape index (κ2) is 5.95. The molecule has 1 amide bonds. The van der Waals surface area contributed by atoms with E-state index in [1.165, 1.54) is 12.1 Å². The van der Waals surface area contributed by atoms with Gasteiger partial charge >= 0.3 is 6.18 Å². The van der Waals surface area contributed by atoms with Crippen molar-refractivity contribution in [2.45, 2.75) is 18.6 Å². The van der Waals surface area contributed by atoms with E-state index in [1.807, 2.05) is 18.2 Å². The monoisotopic (exact) mass is 321 g/mol. The van der Waals surface area contributed by atoms with Crippen LogP contribution in [-0.2, 0) is 6.18 Å². The average molecular weight is 321 g/mol. The minimum atomic E-state index is -4.47. The molecule has 1 aliphatic rings. The zero-order chi connectivity index (χ0) is 16.4. The SMILES string of the molecule is O=C(N[C@H]1CCOc2ccccc21)c1cccc(C(F)(F)F)c1. The fourth-order valence-electron chi connectivity index (χ4n) is 2.57. The smallest absolute Gasteiger partial charge is 0.416 e. The van der Waals surface area contributed by atoms with Crippen LogP contribution in [0.2, 0.25) is 0 Å². The van der Waals surface area contributed by atoms with Crippen LogP contribution in [0.3, 0.4) is 0 Å². The van der Waals surface area contributed by atoms with Gasteiger partial charge < -0.3 is 10.1 Å². The molecule has 1 heterocycles. The van der Waals surface area contributed by atoms with Gasteiger partial charge in [-0.1, -0.05) is 24.3 Å². The first kappa shape index (κ1) is 15.4. The van der Waals surface area contributed by atoms with Crippen molar-refractivity contribution >= 4 is 5.91 Å². The van der Waals surface area contributed by atoms with Crippen LogP contribution in [0.25, 0.3) is 0 Å². The van der Waals surface area contributed by atoms with E-state index in [2.05, 4.69) is 5.32 Å². The first-order valence-electron chi connectivity index (χ1n) is 7.15. The summed E-state index contributed by atoms with van der Waals surface area (Å²) in [7, 11) is 0. The number of hydrogen-bond donors (Lipinski definition) is 1. The van der Waals surface area contributed by atoms with Crippen molar-refractivity contribution in [2.24, 2.45) is 0 Å². The lowest BCUT2D eigenvalue weighted by Gasteiger charge is -2.26. The number of benzene rings is 2. The van der Waals surface area contributed by atoms with Gasteiger partial charge in [-0.25, -0.2) is 0 Å². The number of ether oxygens (including phenoxy) is 1. The molecule has 1 atom stereocenters. The van der Waals surface area contributed by atoms with Crippen molar-refractivity contribution in [3.05, 3.63) is 65.2 Å². The van der Waals surface area contributed by atoms with Gasteiger partial charge in [0.25, 0.3) is 5.91 Å². The Kier molecular flexibility index (Phi) is 3.98. The van der Waals surface area contributed by atoms with Crippen LogP contribution in [0.5, 0.6) is 5.75 Å². The van der Waals surface area contributed by atoms with Gasteiger partial charge in [-0.15, -0.1) is 0 Å². The zero-order valence-corrected chi connectivity index (χ0v) is 12.1. The molecule has 120 valence electrons. The van der Waals surface area contributed by atoms with Crippen LogP contribution in [0.1, 0.15) is 33.9 Å². The molecule has 1 N–H and O–H groups in total. The van der Waals surface area contributed by atoms with Crippen molar-refractivity contribution in [3.8, 4) is 5.75 Å². The maximum Gasteiger partial charge on any atom is 0.416 e. The number of carbonyl (C=O) groups is 1. The van der Waals surface area contributed by atoms with E-state index in [1.54, 1.807) is 6.07 Å². The highest BCUT2D eigenvalue weighted by molar-refractivity contribution is 5.94. The number of nitrogens with one attached hydrogen (secondary N) is 1. The number of rotatable bonds is 2. The average Bonchev–Trinajstić information content (AvgIpc) is 2.54. The molecule has 0 bridgehead atoms. The zero-order valence-electron chi connectivity index (χ0n) is 12.1. The lowest BCUT2D eigenvalue weighted by Crippen LogP contribution is -2.32. The molecule has 0 fully saturated rings. The summed E-state index contributed by atoms with van der Waals surface area (Å²) in [6.45, 7) is 0.449. The molecule has 23 heavy (non-hydrogen) atoms. The maximum atomic E-state index is 12.7. The fourth-order valence-corrected chi connectivity index (χ4v) is 2.57. The van der Waals surface area contributed by atoms with E-state index in [0.29, 0.717) is 18.8 Å². The van der Waals surface area contributed by atoms with Crippen molar-refractivity contribution in [1.29, 1.82) is 0 Å². The molecule has 2 aromatic carbocycles. The third-order valence-electron chi connectivity index (χ3n) is 3.72. The number of fused-ring (bicyclic) bond motifs is 1. The summed E-state index contributed by atoms with van der Waals surface area (Å²) in [6.07, 6.45) is -3.90. The summed E-state index contributed by atoms with van der Waals surface area (Å²) in [5.74, 6) is 0.158. The van der Waals surface area contributed by atoms with Crippen LogP contribution in [-0.4, -0.2) is 12.5 Å². The molecule has 3 nitrogen and oxygen atoms in total. The molecule has 0 saturated carbocycles. The Bertz CT molecular complexity index is 728. The minimum Gasteiger partial charge on any atom is -0.493 e. The van der Waals surface area contributed by atoms with Gasteiger partial charge in [0, 0.05) is 17.5 Å². The van der Waals surface area contributed by atoms with Gasteiger partial charge in [0.2, 0.25) is 0 Å². The van der Waals surface area contributed by atoms with Gasteiger partial charge in [-0.05, 0) is 24.3 Å². The molecule has 1 aliphatic heterocycles. The number of amides is 1. The van der Waals surface area contributed by atoms with E-state index in [4.69, 9.17) is 4.74 Å². The van der Waals surface area contributed by atoms with Crippen molar-refractivity contribution in [3.63, 3.8) is 0 Å².